The van der Waals surface area contributed by atoms with Crippen molar-refractivity contribution in [2.45, 2.75) is 13.1 Å². The van der Waals surface area contributed by atoms with Crippen LogP contribution in [0.2, 0.25) is 5.02 Å². The molecule has 5 rings (SSSR count). The van der Waals surface area contributed by atoms with Gasteiger partial charge in [-0.1, -0.05) is 23.7 Å². The Bertz CT molecular complexity index is 1470. The molecule has 1 saturated heterocycles. The molecule has 1 aliphatic rings. The second kappa shape index (κ2) is 10.7. The summed E-state index contributed by atoms with van der Waals surface area (Å²) in [4.78, 5) is 17.5. The first-order valence-electron chi connectivity index (χ1n) is 12.5. The van der Waals surface area contributed by atoms with Crippen molar-refractivity contribution < 1.29 is 22.7 Å². The van der Waals surface area contributed by atoms with Crippen LogP contribution in [-0.2, 0) is 6.18 Å². The van der Waals surface area contributed by atoms with Crippen LogP contribution in [0.4, 0.5) is 18.9 Å². The predicted octanol–water partition coefficient (Wildman–Crippen LogP) is 7.10. The second-order valence-electron chi connectivity index (χ2n) is 9.37. The quantitative estimate of drug-likeness (QED) is 0.265. The van der Waals surface area contributed by atoms with Crippen LogP contribution in [0.3, 0.4) is 0 Å². The number of benzene rings is 3. The van der Waals surface area contributed by atoms with Crippen LogP contribution in [-0.4, -0.2) is 48.7 Å². The third-order valence-corrected chi connectivity index (χ3v) is 7.40. The minimum Gasteiger partial charge on any atom is -0.497 e. The molecular formula is C30H27ClF3N3O2. The number of alkyl halides is 3. The highest BCUT2D eigenvalue weighted by atomic mass is 35.5. The zero-order chi connectivity index (χ0) is 27.7. The number of aromatic nitrogens is 1. The molecule has 9 heteroatoms. The zero-order valence-electron chi connectivity index (χ0n) is 21.5. The fourth-order valence-electron chi connectivity index (χ4n) is 4.94. The van der Waals surface area contributed by atoms with Gasteiger partial charge in [0.15, 0.2) is 0 Å². The van der Waals surface area contributed by atoms with E-state index in [1.807, 2.05) is 71.0 Å². The lowest BCUT2D eigenvalue weighted by atomic mass is 10.1. The average Bonchev–Trinajstić information content (AvgIpc) is 3.29. The van der Waals surface area contributed by atoms with Gasteiger partial charge in [0.05, 0.1) is 34.6 Å². The van der Waals surface area contributed by atoms with E-state index >= 15 is 0 Å². The molecule has 0 atom stereocenters. The van der Waals surface area contributed by atoms with Crippen molar-refractivity contribution in [3.05, 3.63) is 101 Å². The highest BCUT2D eigenvalue weighted by Gasteiger charge is 2.31. The lowest BCUT2D eigenvalue weighted by molar-refractivity contribution is -0.137. The maximum atomic E-state index is 13.7. The number of anilines is 1. The van der Waals surface area contributed by atoms with Crippen LogP contribution in [0.1, 0.15) is 21.6 Å². The maximum absolute atomic E-state index is 13.7. The first-order valence-corrected chi connectivity index (χ1v) is 12.9. The molecule has 0 aliphatic carbocycles. The number of hydrogen-bond donors (Lipinski definition) is 0. The predicted molar refractivity (Wildman–Crippen MR) is 147 cm³/mol. The molecule has 3 aromatic carbocycles. The molecule has 0 saturated carbocycles. The number of ether oxygens (including phenoxy) is 1. The minimum absolute atomic E-state index is 0.0971. The van der Waals surface area contributed by atoms with Gasteiger partial charge in [0, 0.05) is 37.6 Å². The van der Waals surface area contributed by atoms with Crippen molar-refractivity contribution in [3.8, 4) is 22.7 Å². The standard InChI is InChI=1S/C30H27ClF3N3O2/c1-20-25(29(38)36-17-15-35(16-18-36)23-11-9-22(10-12-23)30(32,33)34)19-28(21-7-13-24(39-2)14-8-21)37(20)27-6-4-3-5-26(27)31/h3-14,19H,15-18H2,1-2H3. The van der Waals surface area contributed by atoms with E-state index in [0.717, 1.165) is 40.5 Å². The van der Waals surface area contributed by atoms with E-state index in [2.05, 4.69) is 0 Å². The molecule has 39 heavy (non-hydrogen) atoms. The van der Waals surface area contributed by atoms with Crippen molar-refractivity contribution in [1.82, 2.24) is 9.47 Å². The lowest BCUT2D eigenvalue weighted by Crippen LogP contribution is -2.48. The molecule has 0 unspecified atom stereocenters. The molecule has 5 nitrogen and oxygen atoms in total. The second-order valence-corrected chi connectivity index (χ2v) is 9.78. The Morgan fingerprint density at radius 3 is 2.13 bits per heavy atom. The third-order valence-electron chi connectivity index (χ3n) is 7.08. The number of rotatable bonds is 5. The van der Waals surface area contributed by atoms with E-state index in [1.54, 1.807) is 12.0 Å². The largest absolute Gasteiger partial charge is 0.497 e. The Labute approximate surface area is 230 Å². The molecule has 0 bridgehead atoms. The number of para-hydroxylation sites is 1. The van der Waals surface area contributed by atoms with E-state index in [-0.39, 0.29) is 5.91 Å². The molecule has 1 amide bonds. The van der Waals surface area contributed by atoms with Gasteiger partial charge in [-0.3, -0.25) is 4.79 Å². The number of halogens is 4. The first kappa shape index (κ1) is 26.7. The minimum atomic E-state index is -4.37. The number of piperazine rings is 1. The number of hydrogen-bond acceptors (Lipinski definition) is 3. The topological polar surface area (TPSA) is 37.7 Å². The molecule has 1 aliphatic heterocycles. The van der Waals surface area contributed by atoms with Crippen molar-refractivity contribution in [2.75, 3.05) is 38.2 Å². The van der Waals surface area contributed by atoms with E-state index in [9.17, 15) is 18.0 Å². The van der Waals surface area contributed by atoms with Gasteiger partial charge in [-0.25, -0.2) is 0 Å². The Hall–Kier alpha value is -3.91. The zero-order valence-corrected chi connectivity index (χ0v) is 22.3. The molecule has 202 valence electrons. The molecule has 0 N–H and O–H groups in total. The normalized spacial score (nSPS) is 14.0. The van der Waals surface area contributed by atoms with Gasteiger partial charge in [-0.05, 0) is 79.2 Å². The number of nitrogens with zero attached hydrogens (tertiary/aromatic N) is 3. The monoisotopic (exact) mass is 553 g/mol. The molecule has 1 aromatic heterocycles. The summed E-state index contributed by atoms with van der Waals surface area (Å²) < 4.78 is 46.1. The van der Waals surface area contributed by atoms with Crippen LogP contribution in [0.25, 0.3) is 16.9 Å². The lowest BCUT2D eigenvalue weighted by Gasteiger charge is -2.36. The Kier molecular flexibility index (Phi) is 7.32. The van der Waals surface area contributed by atoms with Crippen LogP contribution in [0.15, 0.2) is 78.9 Å². The first-order chi connectivity index (χ1) is 18.7. The van der Waals surface area contributed by atoms with Gasteiger partial charge in [-0.15, -0.1) is 0 Å². The highest BCUT2D eigenvalue weighted by molar-refractivity contribution is 6.32. The fourth-order valence-corrected chi connectivity index (χ4v) is 5.16. The summed E-state index contributed by atoms with van der Waals surface area (Å²) in [5.74, 6) is 0.633. The Balaban J connectivity index is 1.41. The molecule has 4 aromatic rings. The summed E-state index contributed by atoms with van der Waals surface area (Å²) in [6.45, 7) is 3.85. The van der Waals surface area contributed by atoms with E-state index in [0.29, 0.717) is 42.5 Å². The van der Waals surface area contributed by atoms with Crippen LogP contribution >= 0.6 is 11.6 Å². The summed E-state index contributed by atoms with van der Waals surface area (Å²) in [5.41, 5.74) is 3.88. The van der Waals surface area contributed by atoms with Crippen molar-refractivity contribution in [2.24, 2.45) is 0 Å². The molecule has 0 radical (unpaired) electrons. The van der Waals surface area contributed by atoms with Crippen LogP contribution in [0, 0.1) is 6.92 Å². The van der Waals surface area contributed by atoms with E-state index in [4.69, 9.17) is 16.3 Å². The third kappa shape index (κ3) is 5.34. The van der Waals surface area contributed by atoms with Gasteiger partial charge in [0.25, 0.3) is 5.91 Å². The average molecular weight is 554 g/mol. The Morgan fingerprint density at radius 2 is 1.54 bits per heavy atom. The molecular weight excluding hydrogens is 527 g/mol. The number of carbonyl (C=O) groups is 1. The Morgan fingerprint density at radius 1 is 0.897 bits per heavy atom. The van der Waals surface area contributed by atoms with Gasteiger partial charge in [0.2, 0.25) is 0 Å². The van der Waals surface area contributed by atoms with Gasteiger partial charge >= 0.3 is 6.18 Å². The van der Waals surface area contributed by atoms with Crippen LogP contribution < -0.4 is 9.64 Å². The molecule has 0 spiro atoms. The summed E-state index contributed by atoms with van der Waals surface area (Å²) in [6.07, 6.45) is -4.37. The summed E-state index contributed by atoms with van der Waals surface area (Å²) >= 11 is 6.58. The van der Waals surface area contributed by atoms with E-state index in [1.165, 1.54) is 12.1 Å². The SMILES string of the molecule is COc1ccc(-c2cc(C(=O)N3CCN(c4ccc(C(F)(F)F)cc4)CC3)c(C)n2-c2ccccc2Cl)cc1. The van der Waals surface area contributed by atoms with Crippen molar-refractivity contribution in [3.63, 3.8) is 0 Å². The molecule has 2 heterocycles. The van der Waals surface area contributed by atoms with Crippen molar-refractivity contribution >= 4 is 23.2 Å². The number of amides is 1. The van der Waals surface area contributed by atoms with E-state index < -0.39 is 11.7 Å². The highest BCUT2D eigenvalue weighted by Crippen LogP contribution is 2.34. The van der Waals surface area contributed by atoms with Gasteiger partial charge < -0.3 is 19.1 Å². The maximum Gasteiger partial charge on any atom is 0.416 e. The summed E-state index contributed by atoms with van der Waals surface area (Å²) in [6, 6.07) is 22.2. The van der Waals surface area contributed by atoms with Gasteiger partial charge in [0.1, 0.15) is 5.75 Å². The smallest absolute Gasteiger partial charge is 0.416 e. The summed E-state index contributed by atoms with van der Waals surface area (Å²) in [7, 11) is 1.61. The fraction of sp³-hybridized carbons (Fsp3) is 0.233. The van der Waals surface area contributed by atoms with Crippen LogP contribution in [0.5, 0.6) is 5.75 Å². The van der Waals surface area contributed by atoms with Crippen molar-refractivity contribution in [1.29, 1.82) is 0 Å². The number of methoxy groups -OCH3 is 1. The number of carbonyl (C=O) groups excluding carboxylic acids is 1. The molecule has 1 fully saturated rings. The summed E-state index contributed by atoms with van der Waals surface area (Å²) in [5, 5.41) is 0.565. The van der Waals surface area contributed by atoms with Gasteiger partial charge in [-0.2, -0.15) is 13.2 Å².